The van der Waals surface area contributed by atoms with Gasteiger partial charge < -0.3 is 0 Å². The molecule has 1 atom stereocenters. The van der Waals surface area contributed by atoms with Crippen LogP contribution in [0.4, 0.5) is 0 Å². The Labute approximate surface area is 66.3 Å². The van der Waals surface area contributed by atoms with Crippen molar-refractivity contribution in [1.29, 1.82) is 0 Å². The minimum absolute atomic E-state index is 0.255. The van der Waals surface area contributed by atoms with E-state index in [4.69, 9.17) is 5.14 Å². The van der Waals surface area contributed by atoms with Gasteiger partial charge in [0.2, 0.25) is 0 Å². The summed E-state index contributed by atoms with van der Waals surface area (Å²) in [4.78, 5) is 0. The summed E-state index contributed by atoms with van der Waals surface area (Å²) in [5.74, 6) is 0. The predicted octanol–water partition coefficient (Wildman–Crippen LogP) is 0.315. The maximum absolute atomic E-state index is 10.4. The Morgan fingerprint density at radius 1 is 1.45 bits per heavy atom. The van der Waals surface area contributed by atoms with Crippen molar-refractivity contribution in [3.8, 4) is 0 Å². The van der Waals surface area contributed by atoms with Crippen LogP contribution in [0.15, 0.2) is 12.2 Å². The van der Waals surface area contributed by atoms with Gasteiger partial charge in [0, 0.05) is 0 Å². The fourth-order valence-electron chi connectivity index (χ4n) is 1.04. The summed E-state index contributed by atoms with van der Waals surface area (Å²) in [5.41, 5.74) is 0. The van der Waals surface area contributed by atoms with E-state index in [1.165, 1.54) is 0 Å². The smallest absolute Gasteiger partial charge is 0.255 e. The first-order chi connectivity index (χ1) is 5.08. The maximum atomic E-state index is 10.4. The van der Waals surface area contributed by atoms with Crippen molar-refractivity contribution in [1.82, 2.24) is 0 Å². The molecule has 1 rings (SSSR count). The van der Waals surface area contributed by atoms with Crippen LogP contribution in [0.2, 0.25) is 0 Å². The van der Waals surface area contributed by atoms with Crippen LogP contribution in [0.1, 0.15) is 19.3 Å². The van der Waals surface area contributed by atoms with Gasteiger partial charge >= 0.3 is 10.3 Å². The highest BCUT2D eigenvalue weighted by atomic mass is 32.2. The number of hydrogen-bond donors (Lipinski definition) is 1. The lowest BCUT2D eigenvalue weighted by molar-refractivity contribution is 0.198. The molecule has 0 saturated carbocycles. The zero-order valence-electron chi connectivity index (χ0n) is 6.06. The first-order valence-electron chi connectivity index (χ1n) is 3.44. The molecule has 64 valence electrons. The predicted molar refractivity (Wildman–Crippen MR) is 41.0 cm³/mol. The zero-order valence-corrected chi connectivity index (χ0v) is 6.88. The highest BCUT2D eigenvalue weighted by molar-refractivity contribution is 7.84. The van der Waals surface area contributed by atoms with Crippen LogP contribution < -0.4 is 5.14 Å². The number of hydrogen-bond acceptors (Lipinski definition) is 3. The molecule has 5 heteroatoms. The lowest BCUT2D eigenvalue weighted by Crippen LogP contribution is -2.24. The van der Waals surface area contributed by atoms with Crippen molar-refractivity contribution in [2.75, 3.05) is 0 Å². The van der Waals surface area contributed by atoms with Crippen LogP contribution in [0.5, 0.6) is 0 Å². The molecule has 11 heavy (non-hydrogen) atoms. The molecule has 0 saturated heterocycles. The van der Waals surface area contributed by atoms with E-state index in [-0.39, 0.29) is 6.10 Å². The van der Waals surface area contributed by atoms with Crippen LogP contribution in [0, 0.1) is 0 Å². The van der Waals surface area contributed by atoms with Gasteiger partial charge in [-0.1, -0.05) is 12.2 Å². The third-order valence-electron chi connectivity index (χ3n) is 1.49. The molecular weight excluding hydrogens is 166 g/mol. The lowest BCUT2D eigenvalue weighted by Gasteiger charge is -2.15. The summed E-state index contributed by atoms with van der Waals surface area (Å²) in [5, 5.41) is 4.69. The second-order valence-corrected chi connectivity index (χ2v) is 3.67. The zero-order chi connectivity index (χ0) is 8.32. The van der Waals surface area contributed by atoms with Crippen LogP contribution in [-0.2, 0) is 14.5 Å². The van der Waals surface area contributed by atoms with E-state index < -0.39 is 10.3 Å². The van der Waals surface area contributed by atoms with Crippen molar-refractivity contribution >= 4 is 10.3 Å². The molecule has 0 aliphatic heterocycles. The molecule has 1 aliphatic carbocycles. The van der Waals surface area contributed by atoms with E-state index in [0.29, 0.717) is 6.42 Å². The van der Waals surface area contributed by atoms with Gasteiger partial charge in [0.05, 0.1) is 6.10 Å². The molecule has 0 heterocycles. The maximum Gasteiger partial charge on any atom is 0.333 e. The summed E-state index contributed by atoms with van der Waals surface area (Å²) in [6.45, 7) is 0. The molecule has 0 aromatic heterocycles. The summed E-state index contributed by atoms with van der Waals surface area (Å²) in [7, 11) is -3.76. The molecule has 0 aromatic carbocycles. The van der Waals surface area contributed by atoms with E-state index in [1.807, 2.05) is 12.2 Å². The molecule has 1 aliphatic rings. The topological polar surface area (TPSA) is 69.4 Å². The van der Waals surface area contributed by atoms with E-state index in [1.54, 1.807) is 0 Å². The monoisotopic (exact) mass is 177 g/mol. The summed E-state index contributed by atoms with van der Waals surface area (Å²) < 4.78 is 25.4. The molecule has 0 radical (unpaired) electrons. The second kappa shape index (κ2) is 3.34. The van der Waals surface area contributed by atoms with E-state index in [9.17, 15) is 8.42 Å². The van der Waals surface area contributed by atoms with Crippen LogP contribution >= 0.6 is 0 Å². The molecule has 0 spiro atoms. The molecule has 2 N–H and O–H groups in total. The summed E-state index contributed by atoms with van der Waals surface area (Å²) >= 11 is 0. The Hall–Kier alpha value is -0.390. The molecular formula is C6H11NO3S. The SMILES string of the molecule is NS(=O)(=O)OC1CC=CCC1. The van der Waals surface area contributed by atoms with Crippen molar-refractivity contribution in [2.24, 2.45) is 5.14 Å². The Morgan fingerprint density at radius 2 is 2.18 bits per heavy atom. The minimum Gasteiger partial charge on any atom is -0.255 e. The van der Waals surface area contributed by atoms with Crippen LogP contribution in [0.25, 0.3) is 0 Å². The van der Waals surface area contributed by atoms with Gasteiger partial charge in [0.15, 0.2) is 0 Å². The average Bonchev–Trinajstić information content (AvgIpc) is 1.85. The first kappa shape index (κ1) is 8.70. The van der Waals surface area contributed by atoms with Gasteiger partial charge in [-0.2, -0.15) is 8.42 Å². The first-order valence-corrected chi connectivity index (χ1v) is 4.91. The van der Waals surface area contributed by atoms with E-state index in [2.05, 4.69) is 4.18 Å². The Balaban J connectivity index is 2.44. The minimum atomic E-state index is -3.76. The highest BCUT2D eigenvalue weighted by Gasteiger charge is 2.15. The van der Waals surface area contributed by atoms with Gasteiger partial charge in [0.1, 0.15) is 0 Å². The Morgan fingerprint density at radius 3 is 2.64 bits per heavy atom. The summed E-state index contributed by atoms with van der Waals surface area (Å²) in [6, 6.07) is 0. The molecule has 0 bridgehead atoms. The van der Waals surface area contributed by atoms with Crippen molar-refractivity contribution in [3.05, 3.63) is 12.2 Å². The van der Waals surface area contributed by atoms with E-state index >= 15 is 0 Å². The van der Waals surface area contributed by atoms with Crippen molar-refractivity contribution in [3.63, 3.8) is 0 Å². The summed E-state index contributed by atoms with van der Waals surface area (Å²) in [6.07, 6.45) is 5.88. The number of rotatable bonds is 2. The van der Waals surface area contributed by atoms with E-state index in [0.717, 1.165) is 12.8 Å². The standard InChI is InChI=1S/C6H11NO3S/c7-11(8,9)10-6-4-2-1-3-5-6/h1-2,6H,3-5H2,(H2,7,8,9). The molecule has 0 amide bonds. The normalized spacial score (nSPS) is 25.4. The Kier molecular flexibility index (Phi) is 2.64. The Bertz CT molecular complexity index is 245. The average molecular weight is 177 g/mol. The fourth-order valence-corrected chi connectivity index (χ4v) is 1.60. The van der Waals surface area contributed by atoms with Gasteiger partial charge in [-0.3, -0.25) is 4.18 Å². The van der Waals surface area contributed by atoms with Gasteiger partial charge in [-0.15, -0.1) is 0 Å². The molecule has 0 aromatic rings. The highest BCUT2D eigenvalue weighted by Crippen LogP contribution is 2.14. The largest absolute Gasteiger partial charge is 0.333 e. The van der Waals surface area contributed by atoms with Gasteiger partial charge in [-0.05, 0) is 19.3 Å². The second-order valence-electron chi connectivity index (χ2n) is 2.50. The fraction of sp³-hybridized carbons (Fsp3) is 0.667. The molecule has 4 nitrogen and oxygen atoms in total. The quantitative estimate of drug-likeness (QED) is 0.617. The molecule has 0 fully saturated rings. The van der Waals surface area contributed by atoms with Gasteiger partial charge in [-0.25, -0.2) is 5.14 Å². The lowest BCUT2D eigenvalue weighted by atomic mass is 10.1. The van der Waals surface area contributed by atoms with Crippen LogP contribution in [0.3, 0.4) is 0 Å². The third-order valence-corrected chi connectivity index (χ3v) is 2.03. The number of allylic oxidation sites excluding steroid dienone is 1. The van der Waals surface area contributed by atoms with Gasteiger partial charge in [0.25, 0.3) is 0 Å². The number of nitrogens with two attached hydrogens (primary N) is 1. The van der Waals surface area contributed by atoms with Crippen molar-refractivity contribution < 1.29 is 12.6 Å². The third kappa shape index (κ3) is 3.50. The van der Waals surface area contributed by atoms with Crippen LogP contribution in [-0.4, -0.2) is 14.5 Å². The molecule has 1 unspecified atom stereocenters. The van der Waals surface area contributed by atoms with Crippen molar-refractivity contribution in [2.45, 2.75) is 25.4 Å².